The first-order chi connectivity index (χ1) is 25.4. The second-order valence-electron chi connectivity index (χ2n) is 16.2. The number of aryl methyl sites for hydroxylation is 2. The molecule has 2 amide bonds. The molecule has 288 valence electrons. The summed E-state index contributed by atoms with van der Waals surface area (Å²) in [5, 5.41) is 38.5. The van der Waals surface area contributed by atoms with Gasteiger partial charge in [0, 0.05) is 30.3 Å². The van der Waals surface area contributed by atoms with Crippen molar-refractivity contribution in [2.24, 2.45) is 0 Å². The lowest BCUT2D eigenvalue weighted by atomic mass is 10.1. The molecule has 0 spiro atoms. The number of aromatic nitrogens is 4. The van der Waals surface area contributed by atoms with Crippen LogP contribution in [0.2, 0.25) is 25.7 Å². The van der Waals surface area contributed by atoms with Crippen molar-refractivity contribution >= 4 is 62.7 Å². The van der Waals surface area contributed by atoms with E-state index >= 15 is 0 Å². The van der Waals surface area contributed by atoms with Gasteiger partial charge < -0.3 is 25.6 Å². The number of rotatable bonds is 13. The van der Waals surface area contributed by atoms with Gasteiger partial charge in [0.25, 0.3) is 11.8 Å². The molecule has 2 aromatic carbocycles. The summed E-state index contributed by atoms with van der Waals surface area (Å²) in [6.45, 7) is 18.9. The molecule has 0 atom stereocenters. The molecule has 0 saturated heterocycles. The van der Waals surface area contributed by atoms with E-state index in [2.05, 4.69) is 103 Å². The topological polar surface area (TPSA) is 154 Å². The Balaban J connectivity index is 0.000000217. The Bertz CT molecular complexity index is 2240. The molecule has 54 heavy (non-hydrogen) atoms. The predicted molar refractivity (Wildman–Crippen MR) is 223 cm³/mol. The molecule has 0 aliphatic carbocycles. The van der Waals surface area contributed by atoms with E-state index in [4.69, 9.17) is 9.84 Å². The summed E-state index contributed by atoms with van der Waals surface area (Å²) in [6.07, 6.45) is 3.26. The maximum atomic E-state index is 13.1. The zero-order chi connectivity index (χ0) is 39.4. The Labute approximate surface area is 325 Å². The fraction of sp³-hybridized carbons (Fsp3) is 0.400. The second kappa shape index (κ2) is 16.7. The van der Waals surface area contributed by atoms with Crippen LogP contribution in [0.25, 0.3) is 41.3 Å². The number of nitrogens with one attached hydrogen (secondary N) is 3. The van der Waals surface area contributed by atoms with Crippen molar-refractivity contribution in [3.63, 3.8) is 0 Å². The number of hydrogen-bond acceptors (Lipinski definition) is 9. The van der Waals surface area contributed by atoms with Crippen molar-refractivity contribution in [3.05, 3.63) is 83.2 Å². The third-order valence-electron chi connectivity index (χ3n) is 8.63. The number of thiophene rings is 2. The number of benzene rings is 2. The zero-order valence-corrected chi connectivity index (χ0v) is 35.2. The number of ether oxygens (including phenoxy) is 1. The molecule has 11 nitrogen and oxygen atoms in total. The second-order valence-corrected chi connectivity index (χ2v) is 24.0. The van der Waals surface area contributed by atoms with E-state index in [1.807, 2.05) is 0 Å². The predicted octanol–water partition coefficient (Wildman–Crippen LogP) is 7.99. The van der Waals surface area contributed by atoms with Crippen LogP contribution in [0.5, 0.6) is 0 Å². The number of nitrogens with zero attached hydrogens (tertiary/aromatic N) is 3. The van der Waals surface area contributed by atoms with Gasteiger partial charge in [-0.15, -0.1) is 22.7 Å². The molecular formula is C40H52N6O5S2Si. The van der Waals surface area contributed by atoms with Gasteiger partial charge >= 0.3 is 0 Å². The van der Waals surface area contributed by atoms with Gasteiger partial charge in [-0.1, -0.05) is 55.0 Å². The van der Waals surface area contributed by atoms with Crippen molar-refractivity contribution in [1.29, 1.82) is 0 Å². The molecule has 0 radical (unpaired) electrons. The van der Waals surface area contributed by atoms with E-state index in [9.17, 15) is 19.8 Å². The Kier molecular flexibility index (Phi) is 12.7. The highest BCUT2D eigenvalue weighted by Gasteiger charge is 2.26. The summed E-state index contributed by atoms with van der Waals surface area (Å²) in [4.78, 5) is 27.4. The van der Waals surface area contributed by atoms with Crippen molar-refractivity contribution in [1.82, 2.24) is 30.6 Å². The van der Waals surface area contributed by atoms with Gasteiger partial charge in [-0.3, -0.25) is 14.7 Å². The SMILES string of the molecule is Cc1ccc2sc(-c3[nH]ncc3C(=O)NC(C)(C)CO)cc2c1.Cc1ccc2sc(-c3nn(COCC[Si](C)(C)C)cc3C(=O)NC(C)(C)CO)cc2c1. The summed E-state index contributed by atoms with van der Waals surface area (Å²) in [7, 11) is -1.17. The van der Waals surface area contributed by atoms with Crippen LogP contribution in [-0.4, -0.2) is 81.0 Å². The van der Waals surface area contributed by atoms with E-state index in [0.717, 1.165) is 31.3 Å². The molecule has 0 unspecified atom stereocenters. The van der Waals surface area contributed by atoms with E-state index in [1.54, 1.807) is 61.2 Å². The van der Waals surface area contributed by atoms with Crippen LogP contribution in [0, 0.1) is 13.8 Å². The number of aliphatic hydroxyl groups excluding tert-OH is 2. The summed E-state index contributed by atoms with van der Waals surface area (Å²) >= 11 is 3.24. The standard InChI is InChI=1S/C23H33N3O3SSi.C17H19N3O2S/c1-16-7-8-19-17(11-16)12-20(30-19)21-18(22(28)24-23(2,3)14-27)13-26(25-21)15-29-9-10-31(4,5)6;1-10-4-5-13-11(6-10)7-14(23-13)15-12(8-18-20-15)16(22)19-17(2,3)9-21/h7-8,11-13,27H,9-10,14-15H2,1-6H3,(H,24,28);4-8,21H,9H2,1-3H3,(H,18,20)(H,19,22). The molecule has 5 N–H and O–H groups in total. The van der Waals surface area contributed by atoms with Gasteiger partial charge in [0.15, 0.2) is 0 Å². The van der Waals surface area contributed by atoms with Crippen LogP contribution in [-0.2, 0) is 11.5 Å². The van der Waals surface area contributed by atoms with Crippen molar-refractivity contribution in [2.75, 3.05) is 19.8 Å². The van der Waals surface area contributed by atoms with E-state index in [-0.39, 0.29) is 25.0 Å². The lowest BCUT2D eigenvalue weighted by Crippen LogP contribution is -2.46. The van der Waals surface area contributed by atoms with E-state index in [0.29, 0.717) is 35.9 Å². The van der Waals surface area contributed by atoms with Crippen LogP contribution < -0.4 is 10.6 Å². The molecular weight excluding hydrogens is 737 g/mol. The maximum absolute atomic E-state index is 13.1. The minimum Gasteiger partial charge on any atom is -0.394 e. The highest BCUT2D eigenvalue weighted by Crippen LogP contribution is 2.36. The van der Waals surface area contributed by atoms with Crippen molar-refractivity contribution in [3.8, 4) is 21.1 Å². The van der Waals surface area contributed by atoms with Gasteiger partial charge in [0.1, 0.15) is 12.4 Å². The van der Waals surface area contributed by atoms with Gasteiger partial charge in [0.05, 0.1) is 57.1 Å². The van der Waals surface area contributed by atoms with E-state index in [1.165, 1.54) is 22.0 Å². The Hall–Kier alpha value is -4.18. The normalized spacial score (nSPS) is 12.2. The van der Waals surface area contributed by atoms with Gasteiger partial charge in [0.2, 0.25) is 0 Å². The first-order valence-corrected chi connectivity index (χ1v) is 23.3. The molecule has 0 saturated carbocycles. The number of H-pyrrole nitrogens is 1. The highest BCUT2D eigenvalue weighted by molar-refractivity contribution is 7.22. The summed E-state index contributed by atoms with van der Waals surface area (Å²) in [5.41, 5.74) is 3.31. The zero-order valence-electron chi connectivity index (χ0n) is 32.6. The molecule has 14 heteroatoms. The fourth-order valence-corrected chi connectivity index (χ4v) is 8.26. The Morgan fingerprint density at radius 1 is 0.833 bits per heavy atom. The monoisotopic (exact) mass is 788 g/mol. The van der Waals surface area contributed by atoms with Crippen LogP contribution in [0.3, 0.4) is 0 Å². The molecule has 4 aromatic heterocycles. The lowest BCUT2D eigenvalue weighted by Gasteiger charge is -2.23. The number of hydrogen-bond donors (Lipinski definition) is 5. The minimum atomic E-state index is -1.17. The number of fused-ring (bicyclic) bond motifs is 2. The minimum absolute atomic E-state index is 0.131. The smallest absolute Gasteiger partial charge is 0.255 e. The number of carbonyl (C=O) groups excluding carboxylic acids is 2. The molecule has 6 rings (SSSR count). The molecule has 0 aliphatic heterocycles. The third kappa shape index (κ3) is 10.5. The average Bonchev–Trinajstić information content (AvgIpc) is 3.90. The number of aromatic amines is 1. The maximum Gasteiger partial charge on any atom is 0.255 e. The summed E-state index contributed by atoms with van der Waals surface area (Å²) in [5.74, 6) is -0.502. The highest BCUT2D eigenvalue weighted by atomic mass is 32.1. The van der Waals surface area contributed by atoms with E-state index < -0.39 is 19.2 Å². The number of carbonyl (C=O) groups is 2. The average molecular weight is 789 g/mol. The largest absolute Gasteiger partial charge is 0.394 e. The van der Waals surface area contributed by atoms with Gasteiger partial charge in [-0.05, 0) is 82.6 Å². The first-order valence-electron chi connectivity index (χ1n) is 17.9. The molecule has 0 aliphatic rings. The lowest BCUT2D eigenvalue weighted by molar-refractivity contribution is 0.0783. The molecule has 0 bridgehead atoms. The quantitative estimate of drug-likeness (QED) is 0.0587. The fourth-order valence-electron chi connectivity index (χ4n) is 5.41. The molecule has 4 heterocycles. The number of aliphatic hydroxyl groups is 2. The van der Waals surface area contributed by atoms with Crippen LogP contribution in [0.1, 0.15) is 59.5 Å². The van der Waals surface area contributed by atoms with Crippen molar-refractivity contribution < 1.29 is 24.5 Å². The third-order valence-corrected chi connectivity index (χ3v) is 12.6. The van der Waals surface area contributed by atoms with Gasteiger partial charge in [-0.25, -0.2) is 4.68 Å². The Morgan fingerprint density at radius 3 is 1.93 bits per heavy atom. The van der Waals surface area contributed by atoms with Crippen LogP contribution in [0.4, 0.5) is 0 Å². The summed E-state index contributed by atoms with van der Waals surface area (Å²) in [6, 6.07) is 17.8. The van der Waals surface area contributed by atoms with Gasteiger partial charge in [-0.2, -0.15) is 10.2 Å². The number of amides is 2. The summed E-state index contributed by atoms with van der Waals surface area (Å²) < 4.78 is 9.86. The van der Waals surface area contributed by atoms with Crippen LogP contribution in [0.15, 0.2) is 60.9 Å². The van der Waals surface area contributed by atoms with Crippen molar-refractivity contribution in [2.45, 2.75) is 85.0 Å². The molecule has 6 aromatic rings. The Morgan fingerprint density at radius 2 is 1.37 bits per heavy atom. The first kappa shape index (κ1) is 41.0. The van der Waals surface area contributed by atoms with Crippen LogP contribution >= 0.6 is 22.7 Å². The molecule has 0 fully saturated rings.